The summed E-state index contributed by atoms with van der Waals surface area (Å²) in [7, 11) is -3.73. The van der Waals surface area contributed by atoms with Gasteiger partial charge in [0.15, 0.2) is 0 Å². The molecule has 0 saturated carbocycles. The van der Waals surface area contributed by atoms with Gasteiger partial charge in [0.25, 0.3) is 0 Å². The second-order valence-electron chi connectivity index (χ2n) is 6.84. The number of ether oxygens (including phenoxy) is 1. The standard InChI is InChI=1S/C23H23NO4S/c1-17-8-12-19(13-9-17)22(28-23(25)20-6-4-3-5-7-20)16-24-29(26,27)21-14-10-18(2)11-15-21/h3-15,22,24H,16H2,1-2H3. The van der Waals surface area contributed by atoms with Crippen molar-refractivity contribution in [3.63, 3.8) is 0 Å². The minimum atomic E-state index is -3.73. The van der Waals surface area contributed by atoms with Crippen molar-refractivity contribution in [1.29, 1.82) is 0 Å². The van der Waals surface area contributed by atoms with Gasteiger partial charge in [-0.3, -0.25) is 0 Å². The quantitative estimate of drug-likeness (QED) is 0.594. The van der Waals surface area contributed by atoms with E-state index in [9.17, 15) is 13.2 Å². The highest BCUT2D eigenvalue weighted by Crippen LogP contribution is 2.21. The van der Waals surface area contributed by atoms with Gasteiger partial charge < -0.3 is 4.74 Å². The van der Waals surface area contributed by atoms with Gasteiger partial charge >= 0.3 is 5.97 Å². The topological polar surface area (TPSA) is 72.5 Å². The van der Waals surface area contributed by atoms with Gasteiger partial charge in [-0.25, -0.2) is 17.9 Å². The molecule has 0 fully saturated rings. The van der Waals surface area contributed by atoms with Gasteiger partial charge in [-0.15, -0.1) is 0 Å². The number of carbonyl (C=O) groups excluding carboxylic acids is 1. The van der Waals surface area contributed by atoms with E-state index in [1.807, 2.05) is 44.2 Å². The lowest BCUT2D eigenvalue weighted by atomic mass is 10.1. The molecule has 0 bridgehead atoms. The molecule has 5 nitrogen and oxygen atoms in total. The Bertz CT molecular complexity index is 1060. The molecule has 0 aromatic heterocycles. The predicted molar refractivity (Wildman–Crippen MR) is 112 cm³/mol. The average Bonchev–Trinajstić information content (AvgIpc) is 2.72. The van der Waals surface area contributed by atoms with Crippen molar-refractivity contribution >= 4 is 16.0 Å². The van der Waals surface area contributed by atoms with Crippen molar-refractivity contribution in [1.82, 2.24) is 4.72 Å². The first-order valence-corrected chi connectivity index (χ1v) is 10.7. The molecule has 0 saturated heterocycles. The maximum absolute atomic E-state index is 12.6. The minimum absolute atomic E-state index is 0.0716. The van der Waals surface area contributed by atoms with E-state index < -0.39 is 22.1 Å². The zero-order valence-electron chi connectivity index (χ0n) is 16.3. The third-order valence-corrected chi connectivity index (χ3v) is 5.94. The van der Waals surface area contributed by atoms with Crippen molar-refractivity contribution in [3.05, 3.63) is 101 Å². The van der Waals surface area contributed by atoms with Gasteiger partial charge in [-0.2, -0.15) is 0 Å². The Kier molecular flexibility index (Phi) is 6.46. The molecule has 0 amide bonds. The first-order chi connectivity index (χ1) is 13.8. The molecule has 150 valence electrons. The van der Waals surface area contributed by atoms with Crippen molar-refractivity contribution in [2.24, 2.45) is 0 Å². The highest BCUT2D eigenvalue weighted by atomic mass is 32.2. The van der Waals surface area contributed by atoms with Gasteiger partial charge in [0.1, 0.15) is 6.10 Å². The lowest BCUT2D eigenvalue weighted by Gasteiger charge is -2.19. The van der Waals surface area contributed by atoms with Crippen LogP contribution in [0.25, 0.3) is 0 Å². The van der Waals surface area contributed by atoms with Crippen molar-refractivity contribution in [3.8, 4) is 0 Å². The van der Waals surface area contributed by atoms with Gasteiger partial charge in [0.2, 0.25) is 10.0 Å². The summed E-state index contributed by atoms with van der Waals surface area (Å²) < 4.78 is 33.5. The fraction of sp³-hybridized carbons (Fsp3) is 0.174. The number of esters is 1. The van der Waals surface area contributed by atoms with E-state index >= 15 is 0 Å². The van der Waals surface area contributed by atoms with E-state index in [1.54, 1.807) is 48.5 Å². The second kappa shape index (κ2) is 9.03. The molecule has 3 aromatic rings. The van der Waals surface area contributed by atoms with Crippen LogP contribution >= 0.6 is 0 Å². The van der Waals surface area contributed by atoms with E-state index in [2.05, 4.69) is 4.72 Å². The van der Waals surface area contributed by atoms with E-state index in [1.165, 1.54) is 0 Å². The summed E-state index contributed by atoms with van der Waals surface area (Å²) in [6.45, 7) is 3.77. The number of hydrogen-bond donors (Lipinski definition) is 1. The van der Waals surface area contributed by atoms with Crippen LogP contribution in [-0.4, -0.2) is 20.9 Å². The van der Waals surface area contributed by atoms with E-state index in [-0.39, 0.29) is 11.4 Å². The van der Waals surface area contributed by atoms with Crippen LogP contribution < -0.4 is 4.72 Å². The zero-order chi connectivity index (χ0) is 20.9. The maximum Gasteiger partial charge on any atom is 0.338 e. The number of aryl methyl sites for hydroxylation is 2. The molecule has 3 aromatic carbocycles. The Morgan fingerprint density at radius 3 is 2.00 bits per heavy atom. The van der Waals surface area contributed by atoms with Gasteiger partial charge in [0.05, 0.1) is 17.0 Å². The fourth-order valence-corrected chi connectivity index (χ4v) is 3.80. The molecule has 29 heavy (non-hydrogen) atoms. The predicted octanol–water partition coefficient (Wildman–Crippen LogP) is 4.18. The van der Waals surface area contributed by atoms with Crippen LogP contribution in [0.1, 0.15) is 33.2 Å². The second-order valence-corrected chi connectivity index (χ2v) is 8.60. The van der Waals surface area contributed by atoms with Crippen LogP contribution in [0, 0.1) is 13.8 Å². The summed E-state index contributed by atoms with van der Waals surface area (Å²) in [4.78, 5) is 12.7. The molecule has 3 rings (SSSR count). The van der Waals surface area contributed by atoms with E-state index in [0.717, 1.165) is 11.1 Å². The van der Waals surface area contributed by atoms with Crippen LogP contribution in [0.3, 0.4) is 0 Å². The molecule has 0 aliphatic heterocycles. The van der Waals surface area contributed by atoms with Gasteiger partial charge in [-0.05, 0) is 43.7 Å². The van der Waals surface area contributed by atoms with Crippen LogP contribution in [0.4, 0.5) is 0 Å². The minimum Gasteiger partial charge on any atom is -0.452 e. The largest absolute Gasteiger partial charge is 0.452 e. The monoisotopic (exact) mass is 409 g/mol. The van der Waals surface area contributed by atoms with Crippen molar-refractivity contribution in [2.45, 2.75) is 24.8 Å². The Morgan fingerprint density at radius 2 is 1.41 bits per heavy atom. The van der Waals surface area contributed by atoms with Gasteiger partial charge in [0, 0.05) is 0 Å². The SMILES string of the molecule is Cc1ccc(C(CNS(=O)(=O)c2ccc(C)cc2)OC(=O)c2ccccc2)cc1. The normalized spacial score (nSPS) is 12.3. The van der Waals surface area contributed by atoms with Crippen molar-refractivity contribution in [2.75, 3.05) is 6.54 Å². The number of nitrogens with one attached hydrogen (secondary N) is 1. The van der Waals surface area contributed by atoms with Crippen LogP contribution in [-0.2, 0) is 14.8 Å². The summed E-state index contributed by atoms with van der Waals surface area (Å²) in [5.74, 6) is -0.509. The third kappa shape index (κ3) is 5.53. The Labute approximate surface area is 171 Å². The molecule has 0 radical (unpaired) electrons. The number of rotatable bonds is 7. The molecule has 0 heterocycles. The molecule has 6 heteroatoms. The molecular weight excluding hydrogens is 386 g/mol. The summed E-state index contributed by atoms with van der Waals surface area (Å²) >= 11 is 0. The van der Waals surface area contributed by atoms with E-state index in [4.69, 9.17) is 4.74 Å². The van der Waals surface area contributed by atoms with E-state index in [0.29, 0.717) is 11.1 Å². The van der Waals surface area contributed by atoms with Crippen LogP contribution in [0.2, 0.25) is 0 Å². The highest BCUT2D eigenvalue weighted by molar-refractivity contribution is 7.89. The first kappa shape index (κ1) is 20.8. The molecule has 1 unspecified atom stereocenters. The number of carbonyl (C=O) groups is 1. The highest BCUT2D eigenvalue weighted by Gasteiger charge is 2.22. The van der Waals surface area contributed by atoms with Crippen LogP contribution in [0.5, 0.6) is 0 Å². The Morgan fingerprint density at radius 1 is 0.862 bits per heavy atom. The molecule has 1 N–H and O–H groups in total. The summed E-state index contributed by atoms with van der Waals surface area (Å²) in [5, 5.41) is 0. The smallest absolute Gasteiger partial charge is 0.338 e. The third-order valence-electron chi connectivity index (χ3n) is 4.50. The number of hydrogen-bond acceptors (Lipinski definition) is 4. The van der Waals surface area contributed by atoms with Crippen molar-refractivity contribution < 1.29 is 17.9 Å². The summed E-state index contributed by atoms with van der Waals surface area (Å²) in [6.07, 6.45) is -0.761. The summed E-state index contributed by atoms with van der Waals surface area (Å²) in [6, 6.07) is 22.7. The molecule has 0 aliphatic rings. The van der Waals surface area contributed by atoms with Gasteiger partial charge in [-0.1, -0.05) is 65.7 Å². The number of sulfonamides is 1. The molecule has 0 spiro atoms. The molecule has 0 aliphatic carbocycles. The maximum atomic E-state index is 12.6. The molecule has 1 atom stereocenters. The zero-order valence-corrected chi connectivity index (χ0v) is 17.1. The fourth-order valence-electron chi connectivity index (χ4n) is 2.77. The first-order valence-electron chi connectivity index (χ1n) is 9.24. The number of benzene rings is 3. The Hall–Kier alpha value is -2.96. The Balaban J connectivity index is 1.80. The lowest BCUT2D eigenvalue weighted by Crippen LogP contribution is -2.30. The average molecular weight is 410 g/mol. The lowest BCUT2D eigenvalue weighted by molar-refractivity contribution is 0.0308. The van der Waals surface area contributed by atoms with Crippen LogP contribution in [0.15, 0.2) is 83.8 Å². The molecular formula is C23H23NO4S. The summed E-state index contributed by atoms with van der Waals surface area (Å²) in [5.41, 5.74) is 3.15.